The molecule has 1 aromatic heterocycles. The van der Waals surface area contributed by atoms with Gasteiger partial charge in [0.05, 0.1) is 85.0 Å². The van der Waals surface area contributed by atoms with Crippen molar-refractivity contribution in [3.63, 3.8) is 0 Å². The number of nitrogens with zero attached hydrogens (tertiary/aromatic N) is 3. The number of aliphatic hydroxyl groups excluding tert-OH is 6. The van der Waals surface area contributed by atoms with Crippen molar-refractivity contribution in [3.05, 3.63) is 11.9 Å². The van der Waals surface area contributed by atoms with Gasteiger partial charge in [0.15, 0.2) is 0 Å². The highest BCUT2D eigenvalue weighted by Crippen LogP contribution is 2.21. The Kier molecular flexibility index (Phi) is 16.8. The molecule has 0 saturated heterocycles. The molecule has 0 atom stereocenters. The van der Waals surface area contributed by atoms with Gasteiger partial charge in [0.1, 0.15) is 11.8 Å². The van der Waals surface area contributed by atoms with Crippen molar-refractivity contribution in [2.24, 2.45) is 17.8 Å². The van der Waals surface area contributed by atoms with Crippen molar-refractivity contribution in [2.45, 2.75) is 24.8 Å². The molecule has 0 aliphatic carbocycles. The summed E-state index contributed by atoms with van der Waals surface area (Å²) in [6.07, 6.45) is 4.06. The van der Waals surface area contributed by atoms with E-state index in [9.17, 15) is 35.4 Å². The second kappa shape index (κ2) is 18.7. The van der Waals surface area contributed by atoms with Crippen LogP contribution in [0.1, 0.15) is 18.5 Å². The van der Waals surface area contributed by atoms with Gasteiger partial charge in [0, 0.05) is 30.4 Å². The molecule has 1 rings (SSSR count). The Morgan fingerprint density at radius 1 is 0.800 bits per heavy atom. The third-order valence-electron chi connectivity index (χ3n) is 5.50. The van der Waals surface area contributed by atoms with Gasteiger partial charge in [0.2, 0.25) is 0 Å². The largest absolute Gasteiger partial charge is 0.396 e. The lowest BCUT2D eigenvalue weighted by molar-refractivity contribution is -0.107. The normalized spacial score (nSPS) is 12.4. The van der Waals surface area contributed by atoms with Crippen LogP contribution in [-0.4, -0.2) is 131 Å². The fraction of sp³-hybridized carbons (Fsp3) is 0.864. The number of hydrogen-bond donors (Lipinski definition) is 6. The molecule has 1 heterocycles. The summed E-state index contributed by atoms with van der Waals surface area (Å²) in [7, 11) is 0. The second-order valence-corrected chi connectivity index (χ2v) is 8.68. The van der Waals surface area contributed by atoms with Crippen LogP contribution in [0, 0.1) is 17.8 Å². The van der Waals surface area contributed by atoms with E-state index in [1.165, 1.54) is 4.68 Å². The van der Waals surface area contributed by atoms with Crippen LogP contribution in [0.5, 0.6) is 0 Å². The van der Waals surface area contributed by atoms with Crippen LogP contribution >= 0.6 is 0 Å². The van der Waals surface area contributed by atoms with Crippen molar-refractivity contribution in [3.8, 4) is 0 Å². The molecule has 0 aliphatic heterocycles. The Bertz CT molecular complexity index is 606. The molecule has 0 bridgehead atoms. The summed E-state index contributed by atoms with van der Waals surface area (Å²) in [5.41, 5.74) is -0.428. The van der Waals surface area contributed by atoms with E-state index in [0.29, 0.717) is 25.0 Å². The fourth-order valence-electron chi connectivity index (χ4n) is 3.07. The van der Waals surface area contributed by atoms with Gasteiger partial charge < -0.3 is 49.6 Å². The van der Waals surface area contributed by atoms with E-state index in [0.717, 1.165) is 6.29 Å². The summed E-state index contributed by atoms with van der Waals surface area (Å²) in [6, 6.07) is 0. The molecule has 0 fully saturated rings. The molecule has 1 aromatic rings. The average molecular weight is 508 g/mol. The van der Waals surface area contributed by atoms with E-state index in [2.05, 4.69) is 10.3 Å². The Morgan fingerprint density at radius 2 is 1.23 bits per heavy atom. The maximum atomic E-state index is 10.6. The lowest BCUT2D eigenvalue weighted by atomic mass is 10.0. The van der Waals surface area contributed by atoms with Crippen LogP contribution in [0.3, 0.4) is 0 Å². The highest BCUT2D eigenvalue weighted by molar-refractivity contribution is 5.49. The average Bonchev–Trinajstić information content (AvgIpc) is 3.36. The summed E-state index contributed by atoms with van der Waals surface area (Å²) in [5, 5.41) is 64.5. The van der Waals surface area contributed by atoms with Gasteiger partial charge in [0.25, 0.3) is 0 Å². The number of aryl methyl sites for hydroxylation is 1. The maximum Gasteiger partial charge on any atom is 0.134 e. The van der Waals surface area contributed by atoms with Gasteiger partial charge in [-0.05, 0) is 12.8 Å². The molecular formula is C22H41N3O10. The van der Waals surface area contributed by atoms with Crippen LogP contribution < -0.4 is 0 Å². The second-order valence-electron chi connectivity index (χ2n) is 8.68. The monoisotopic (exact) mass is 507 g/mol. The van der Waals surface area contributed by atoms with E-state index in [1.807, 2.05) is 0 Å². The van der Waals surface area contributed by atoms with Crippen LogP contribution in [0.15, 0.2) is 6.20 Å². The predicted octanol–water partition coefficient (Wildman–Crippen LogP) is -2.65. The summed E-state index contributed by atoms with van der Waals surface area (Å²) in [6.45, 7) is -1.41. The zero-order valence-electron chi connectivity index (χ0n) is 20.2. The zero-order valence-corrected chi connectivity index (χ0v) is 20.2. The molecule has 0 unspecified atom stereocenters. The molecule has 0 aromatic carbocycles. The van der Waals surface area contributed by atoms with Crippen molar-refractivity contribution in [1.82, 2.24) is 15.0 Å². The minimum Gasteiger partial charge on any atom is -0.396 e. The van der Waals surface area contributed by atoms with Crippen LogP contribution in [0.2, 0.25) is 0 Å². The van der Waals surface area contributed by atoms with Crippen molar-refractivity contribution in [2.75, 3.05) is 79.3 Å². The van der Waals surface area contributed by atoms with Gasteiger partial charge in [-0.1, -0.05) is 5.21 Å². The maximum absolute atomic E-state index is 10.6. The molecule has 0 amide bonds. The number of unbranched alkanes of at least 4 members (excludes halogenated alkanes) is 1. The van der Waals surface area contributed by atoms with Gasteiger partial charge >= 0.3 is 0 Å². The third kappa shape index (κ3) is 11.4. The van der Waals surface area contributed by atoms with Gasteiger partial charge in [-0.15, -0.1) is 5.10 Å². The van der Waals surface area contributed by atoms with Crippen LogP contribution in [0.4, 0.5) is 0 Å². The summed E-state index contributed by atoms with van der Waals surface area (Å²) >= 11 is 0. The number of aromatic nitrogens is 3. The Balaban J connectivity index is 3.13. The van der Waals surface area contributed by atoms with E-state index in [4.69, 9.17) is 14.2 Å². The minimum atomic E-state index is -1.07. The Morgan fingerprint density at radius 3 is 1.60 bits per heavy atom. The molecule has 13 nitrogen and oxygen atoms in total. The lowest BCUT2D eigenvalue weighted by Gasteiger charge is -2.34. The molecule has 35 heavy (non-hydrogen) atoms. The molecule has 13 heteroatoms. The fourth-order valence-corrected chi connectivity index (χ4v) is 3.07. The number of aldehydes is 1. The zero-order chi connectivity index (χ0) is 25.9. The minimum absolute atomic E-state index is 0.00747. The molecule has 0 aliphatic rings. The third-order valence-corrected chi connectivity index (χ3v) is 5.50. The Hall–Kier alpha value is -1.55. The first kappa shape index (κ1) is 31.5. The Labute approximate surface area is 205 Å². The summed E-state index contributed by atoms with van der Waals surface area (Å²) in [4.78, 5) is 10.6. The van der Waals surface area contributed by atoms with E-state index >= 15 is 0 Å². The first-order chi connectivity index (χ1) is 17.0. The molecular weight excluding hydrogens is 466 g/mol. The molecule has 204 valence electrons. The topological polar surface area (TPSA) is 197 Å². The smallest absolute Gasteiger partial charge is 0.134 e. The van der Waals surface area contributed by atoms with Crippen molar-refractivity contribution in [1.29, 1.82) is 0 Å². The molecule has 0 spiro atoms. The highest BCUT2D eigenvalue weighted by Gasteiger charge is 2.36. The number of aliphatic hydroxyl groups is 6. The van der Waals surface area contributed by atoms with E-state index < -0.39 is 23.3 Å². The molecule has 6 N–H and O–H groups in total. The molecule has 0 radical (unpaired) electrons. The summed E-state index contributed by atoms with van der Waals surface area (Å²) < 4.78 is 19.0. The van der Waals surface area contributed by atoms with E-state index in [-0.39, 0.29) is 79.3 Å². The van der Waals surface area contributed by atoms with Crippen LogP contribution in [0.25, 0.3) is 0 Å². The lowest BCUT2D eigenvalue weighted by Crippen LogP contribution is -2.49. The summed E-state index contributed by atoms with van der Waals surface area (Å²) in [5.74, 6) is -1.44. The number of carbonyl (C=O) groups excluding carboxylic acids is 1. The number of rotatable bonds is 23. The SMILES string of the molecule is O=CCCCc1cn(C(COCC(CO)CO)(COCC(CO)CO)COCC(CO)CO)nn1. The van der Waals surface area contributed by atoms with Gasteiger partial charge in [-0.3, -0.25) is 0 Å². The van der Waals surface area contributed by atoms with Gasteiger partial charge in [-0.2, -0.15) is 0 Å². The standard InChI is InChI=1S/C22H41N3O10/c26-4-2-1-3-21-5-25(24-23-21)22(15-33-12-18(6-27)7-28,16-34-13-19(8-29)9-30)17-35-14-20(10-31)11-32/h4-5,18-20,27-32H,1-3,6-17H2. The first-order valence-electron chi connectivity index (χ1n) is 11.8. The number of carbonyl (C=O) groups is 1. The molecule has 0 saturated carbocycles. The van der Waals surface area contributed by atoms with Crippen molar-refractivity contribution < 1.29 is 49.6 Å². The number of hydrogen-bond acceptors (Lipinski definition) is 12. The van der Waals surface area contributed by atoms with E-state index in [1.54, 1.807) is 6.20 Å². The van der Waals surface area contributed by atoms with Crippen LogP contribution in [-0.2, 0) is 31.0 Å². The van der Waals surface area contributed by atoms with Crippen molar-refractivity contribution >= 4 is 6.29 Å². The quantitative estimate of drug-likeness (QED) is 0.0665. The van der Waals surface area contributed by atoms with Gasteiger partial charge in [-0.25, -0.2) is 4.68 Å². The first-order valence-corrected chi connectivity index (χ1v) is 11.8. The predicted molar refractivity (Wildman–Crippen MR) is 122 cm³/mol. The highest BCUT2D eigenvalue weighted by atomic mass is 16.5. The number of ether oxygens (including phenoxy) is 3.